The van der Waals surface area contributed by atoms with Crippen LogP contribution in [0.25, 0.3) is 5.69 Å². The summed E-state index contributed by atoms with van der Waals surface area (Å²) in [5.74, 6) is 0.210. The van der Waals surface area contributed by atoms with Gasteiger partial charge in [0.25, 0.3) is 5.91 Å². The number of carbonyl (C=O) groups excluding carboxylic acids is 2. The van der Waals surface area contributed by atoms with E-state index in [-0.39, 0.29) is 11.8 Å². The van der Waals surface area contributed by atoms with E-state index in [2.05, 4.69) is 10.6 Å². The van der Waals surface area contributed by atoms with E-state index in [1.165, 1.54) is 11.8 Å². The Morgan fingerprint density at radius 3 is 2.60 bits per heavy atom. The zero-order valence-electron chi connectivity index (χ0n) is 13.2. The molecule has 0 unspecified atom stereocenters. The van der Waals surface area contributed by atoms with Crippen LogP contribution >= 0.6 is 11.8 Å². The Morgan fingerprint density at radius 2 is 1.84 bits per heavy atom. The molecule has 0 saturated heterocycles. The molecule has 0 radical (unpaired) electrons. The number of anilines is 2. The first kappa shape index (κ1) is 15.5. The van der Waals surface area contributed by atoms with Crippen LogP contribution in [-0.2, 0) is 4.79 Å². The topological polar surface area (TPSA) is 63.1 Å². The third kappa shape index (κ3) is 3.29. The first-order chi connectivity index (χ1) is 12.2. The molecule has 0 fully saturated rings. The molecule has 2 amide bonds. The standard InChI is InChI=1S/C19H15N3O2S/c23-18-12-25-17-8-5-14(11-16(17)21-18)20-19(24)13-3-6-15(7-4-13)22-9-1-2-10-22/h1-11H,12H2,(H,20,24)(H,21,23). The van der Waals surface area contributed by atoms with Gasteiger partial charge in [-0.1, -0.05) is 0 Å². The Bertz CT molecular complexity index is 934. The van der Waals surface area contributed by atoms with Crippen molar-refractivity contribution in [2.45, 2.75) is 4.90 Å². The number of amides is 2. The fraction of sp³-hybridized carbons (Fsp3) is 0.0526. The molecule has 5 nitrogen and oxygen atoms in total. The minimum Gasteiger partial charge on any atom is -0.324 e. The number of rotatable bonds is 3. The van der Waals surface area contributed by atoms with Crippen molar-refractivity contribution in [3.8, 4) is 5.69 Å². The molecule has 0 aliphatic carbocycles. The predicted octanol–water partition coefficient (Wildman–Crippen LogP) is 3.77. The number of nitrogens with zero attached hydrogens (tertiary/aromatic N) is 1. The van der Waals surface area contributed by atoms with Crippen LogP contribution < -0.4 is 10.6 Å². The van der Waals surface area contributed by atoms with E-state index in [1.807, 2.05) is 53.4 Å². The van der Waals surface area contributed by atoms with Gasteiger partial charge in [0.15, 0.2) is 0 Å². The van der Waals surface area contributed by atoms with Gasteiger partial charge in [0.2, 0.25) is 5.91 Å². The number of fused-ring (bicyclic) bond motifs is 1. The minimum atomic E-state index is -0.186. The van der Waals surface area contributed by atoms with Crippen LogP contribution in [0, 0.1) is 0 Å². The molecule has 6 heteroatoms. The lowest BCUT2D eigenvalue weighted by molar-refractivity contribution is -0.113. The van der Waals surface area contributed by atoms with Crippen molar-refractivity contribution in [1.29, 1.82) is 0 Å². The molecule has 1 aliphatic heterocycles. The highest BCUT2D eigenvalue weighted by Crippen LogP contribution is 2.33. The summed E-state index contributed by atoms with van der Waals surface area (Å²) < 4.78 is 1.98. The van der Waals surface area contributed by atoms with Gasteiger partial charge in [0.05, 0.1) is 11.4 Å². The number of nitrogens with one attached hydrogen (secondary N) is 2. The lowest BCUT2D eigenvalue weighted by atomic mass is 10.2. The van der Waals surface area contributed by atoms with Crippen molar-refractivity contribution in [1.82, 2.24) is 4.57 Å². The molecule has 0 atom stereocenters. The molecule has 3 aromatic rings. The molecule has 2 aromatic carbocycles. The van der Waals surface area contributed by atoms with E-state index in [0.717, 1.165) is 16.3 Å². The first-order valence-corrected chi connectivity index (χ1v) is 8.79. The number of thioether (sulfide) groups is 1. The fourth-order valence-electron chi connectivity index (χ4n) is 2.66. The van der Waals surface area contributed by atoms with E-state index in [0.29, 0.717) is 17.0 Å². The van der Waals surface area contributed by atoms with Crippen LogP contribution in [0.3, 0.4) is 0 Å². The summed E-state index contributed by atoms with van der Waals surface area (Å²) in [5.41, 5.74) is 2.96. The number of carbonyl (C=O) groups is 2. The van der Waals surface area contributed by atoms with Crippen molar-refractivity contribution >= 4 is 35.0 Å². The Balaban J connectivity index is 1.50. The van der Waals surface area contributed by atoms with Crippen LogP contribution in [0.4, 0.5) is 11.4 Å². The molecule has 2 heterocycles. The maximum atomic E-state index is 12.4. The Labute approximate surface area is 149 Å². The Hall–Kier alpha value is -2.99. The molecular formula is C19H15N3O2S. The number of hydrogen-bond acceptors (Lipinski definition) is 3. The normalized spacial score (nSPS) is 13.0. The van der Waals surface area contributed by atoms with Gasteiger partial charge < -0.3 is 15.2 Å². The molecule has 124 valence electrons. The van der Waals surface area contributed by atoms with Gasteiger partial charge in [-0.25, -0.2) is 0 Å². The molecule has 0 saturated carbocycles. The van der Waals surface area contributed by atoms with Crippen LogP contribution in [0.5, 0.6) is 0 Å². The van der Waals surface area contributed by atoms with Gasteiger partial charge in [-0.05, 0) is 54.6 Å². The SMILES string of the molecule is O=C1CSc2ccc(NC(=O)c3ccc(-n4cccc4)cc3)cc2N1. The van der Waals surface area contributed by atoms with Crippen LogP contribution in [0.15, 0.2) is 71.9 Å². The lowest BCUT2D eigenvalue weighted by Crippen LogP contribution is -2.19. The maximum Gasteiger partial charge on any atom is 0.255 e. The fourth-order valence-corrected chi connectivity index (χ4v) is 3.44. The summed E-state index contributed by atoms with van der Waals surface area (Å²) in [4.78, 5) is 24.9. The second kappa shape index (κ2) is 6.49. The van der Waals surface area contributed by atoms with E-state index in [1.54, 1.807) is 18.2 Å². The van der Waals surface area contributed by atoms with Crippen LogP contribution in [0.1, 0.15) is 10.4 Å². The van der Waals surface area contributed by atoms with Gasteiger partial charge in [0, 0.05) is 34.2 Å². The zero-order valence-corrected chi connectivity index (χ0v) is 14.0. The van der Waals surface area contributed by atoms with E-state index in [9.17, 15) is 9.59 Å². The molecule has 2 N–H and O–H groups in total. The molecule has 1 aliphatic rings. The highest BCUT2D eigenvalue weighted by atomic mass is 32.2. The third-order valence-electron chi connectivity index (χ3n) is 3.90. The zero-order chi connectivity index (χ0) is 17.2. The average molecular weight is 349 g/mol. The smallest absolute Gasteiger partial charge is 0.255 e. The first-order valence-electron chi connectivity index (χ1n) is 7.80. The van der Waals surface area contributed by atoms with E-state index < -0.39 is 0 Å². The third-order valence-corrected chi connectivity index (χ3v) is 4.98. The van der Waals surface area contributed by atoms with Crippen LogP contribution in [-0.4, -0.2) is 22.1 Å². The van der Waals surface area contributed by atoms with Gasteiger partial charge in [-0.2, -0.15) is 0 Å². The molecular weight excluding hydrogens is 334 g/mol. The molecule has 1 aromatic heterocycles. The van der Waals surface area contributed by atoms with Gasteiger partial charge >= 0.3 is 0 Å². The van der Waals surface area contributed by atoms with Gasteiger partial charge in [-0.3, -0.25) is 9.59 Å². The largest absolute Gasteiger partial charge is 0.324 e. The van der Waals surface area contributed by atoms with E-state index in [4.69, 9.17) is 0 Å². The highest BCUT2D eigenvalue weighted by Gasteiger charge is 2.16. The Morgan fingerprint density at radius 1 is 1.08 bits per heavy atom. The lowest BCUT2D eigenvalue weighted by Gasteiger charge is -2.17. The summed E-state index contributed by atoms with van der Waals surface area (Å²) in [6.45, 7) is 0. The van der Waals surface area contributed by atoms with Crippen molar-refractivity contribution in [2.24, 2.45) is 0 Å². The second-order valence-corrected chi connectivity index (χ2v) is 6.66. The number of hydrogen-bond donors (Lipinski definition) is 2. The molecule has 0 bridgehead atoms. The van der Waals surface area contributed by atoms with Crippen molar-refractivity contribution in [3.63, 3.8) is 0 Å². The average Bonchev–Trinajstić information content (AvgIpc) is 3.16. The summed E-state index contributed by atoms with van der Waals surface area (Å²) in [7, 11) is 0. The second-order valence-electron chi connectivity index (χ2n) is 5.64. The molecule has 0 spiro atoms. The molecule has 4 rings (SSSR count). The maximum absolute atomic E-state index is 12.4. The van der Waals surface area contributed by atoms with Crippen LogP contribution in [0.2, 0.25) is 0 Å². The van der Waals surface area contributed by atoms with Crippen molar-refractivity contribution < 1.29 is 9.59 Å². The Kier molecular flexibility index (Phi) is 4.03. The van der Waals surface area contributed by atoms with Crippen molar-refractivity contribution in [2.75, 3.05) is 16.4 Å². The number of aromatic nitrogens is 1. The van der Waals surface area contributed by atoms with Gasteiger partial charge in [-0.15, -0.1) is 11.8 Å². The summed E-state index contributed by atoms with van der Waals surface area (Å²) in [6.07, 6.45) is 3.91. The number of benzene rings is 2. The minimum absolute atomic E-state index is 0.0263. The van der Waals surface area contributed by atoms with Gasteiger partial charge in [0.1, 0.15) is 0 Å². The quantitative estimate of drug-likeness (QED) is 0.756. The summed E-state index contributed by atoms with van der Waals surface area (Å²) in [5, 5.41) is 5.69. The molecule has 25 heavy (non-hydrogen) atoms. The predicted molar refractivity (Wildman–Crippen MR) is 99.5 cm³/mol. The monoisotopic (exact) mass is 349 g/mol. The van der Waals surface area contributed by atoms with Crippen molar-refractivity contribution in [3.05, 3.63) is 72.6 Å². The summed E-state index contributed by atoms with van der Waals surface area (Å²) >= 11 is 1.49. The van der Waals surface area contributed by atoms with E-state index >= 15 is 0 Å². The highest BCUT2D eigenvalue weighted by molar-refractivity contribution is 8.00. The summed E-state index contributed by atoms with van der Waals surface area (Å²) in [6, 6.07) is 16.8.